The molecule has 0 spiro atoms. The average molecular weight is 293 g/mol. The Labute approximate surface area is 122 Å². The summed E-state index contributed by atoms with van der Waals surface area (Å²) in [4.78, 5) is 22.2. The summed E-state index contributed by atoms with van der Waals surface area (Å²) < 4.78 is 1.38. The van der Waals surface area contributed by atoms with E-state index < -0.39 is 5.97 Å². The van der Waals surface area contributed by atoms with Crippen molar-refractivity contribution in [2.45, 2.75) is 32.2 Å². The molecule has 0 saturated heterocycles. The Balaban J connectivity index is 1.58. The summed E-state index contributed by atoms with van der Waals surface area (Å²) in [6.07, 6.45) is 7.98. The van der Waals surface area contributed by atoms with Crippen LogP contribution in [0.3, 0.4) is 0 Å². The van der Waals surface area contributed by atoms with Gasteiger partial charge >= 0.3 is 12.0 Å². The minimum atomic E-state index is -1.12. The zero-order valence-corrected chi connectivity index (χ0v) is 11.7. The lowest BCUT2D eigenvalue weighted by molar-refractivity contribution is 0.0690. The van der Waals surface area contributed by atoms with E-state index in [4.69, 9.17) is 5.11 Å². The van der Waals surface area contributed by atoms with Crippen LogP contribution in [0.15, 0.2) is 17.8 Å². The molecule has 0 fully saturated rings. The first-order chi connectivity index (χ1) is 10.1. The molecule has 8 heteroatoms. The lowest BCUT2D eigenvalue weighted by atomic mass is 10.2. The predicted molar refractivity (Wildman–Crippen MR) is 74.9 cm³/mol. The van der Waals surface area contributed by atoms with Gasteiger partial charge in [0.05, 0.1) is 12.7 Å². The van der Waals surface area contributed by atoms with Crippen molar-refractivity contribution in [3.05, 3.63) is 23.5 Å². The summed E-state index contributed by atoms with van der Waals surface area (Å²) >= 11 is 0. The Hall–Kier alpha value is -2.38. The predicted octanol–water partition coefficient (Wildman–Crippen LogP) is 0.776. The maximum Gasteiger partial charge on any atom is 0.358 e. The van der Waals surface area contributed by atoms with E-state index in [2.05, 4.69) is 27.0 Å². The number of aromatic carboxylic acids is 1. The minimum Gasteiger partial charge on any atom is -0.476 e. The number of nitrogens with zero attached hydrogens (tertiary/aromatic N) is 3. The number of carboxylic acids is 1. The number of carbonyl (C=O) groups excluding carboxylic acids is 1. The van der Waals surface area contributed by atoms with Crippen LogP contribution in [0.2, 0.25) is 0 Å². The van der Waals surface area contributed by atoms with Gasteiger partial charge in [-0.25, -0.2) is 14.3 Å². The zero-order valence-electron chi connectivity index (χ0n) is 11.7. The van der Waals surface area contributed by atoms with Crippen LogP contribution in [-0.4, -0.2) is 45.2 Å². The lowest BCUT2D eigenvalue weighted by Crippen LogP contribution is -2.37. The standard InChI is InChI=1S/C13H19N5O3/c19-12(20)11-9-18(17-16-11)8-7-15-13(21)14-6-5-10-3-1-2-4-10/h3,9H,1-2,4-8H2,(H,19,20)(H2,14,15,21). The van der Waals surface area contributed by atoms with Crippen molar-refractivity contribution in [1.82, 2.24) is 25.6 Å². The third-order valence-corrected chi connectivity index (χ3v) is 3.25. The summed E-state index contributed by atoms with van der Waals surface area (Å²) in [6.45, 7) is 1.36. The molecule has 1 aliphatic rings. The van der Waals surface area contributed by atoms with Crippen LogP contribution >= 0.6 is 0 Å². The summed E-state index contributed by atoms with van der Waals surface area (Å²) in [7, 11) is 0. The number of carbonyl (C=O) groups is 2. The average Bonchev–Trinajstić information content (AvgIpc) is 3.09. The minimum absolute atomic E-state index is 0.107. The summed E-state index contributed by atoms with van der Waals surface area (Å²) in [5.41, 5.74) is 1.31. The Kier molecular flexibility index (Phi) is 5.30. The van der Waals surface area contributed by atoms with E-state index in [1.165, 1.54) is 22.9 Å². The van der Waals surface area contributed by atoms with E-state index in [1.54, 1.807) is 0 Å². The Morgan fingerprint density at radius 3 is 2.81 bits per heavy atom. The molecule has 8 nitrogen and oxygen atoms in total. The SMILES string of the molecule is O=C(NCCC1=CCCC1)NCCn1cc(C(=O)O)nn1. The molecule has 1 heterocycles. The van der Waals surface area contributed by atoms with Crippen molar-refractivity contribution >= 4 is 12.0 Å². The molecule has 0 radical (unpaired) electrons. The largest absolute Gasteiger partial charge is 0.476 e. The number of allylic oxidation sites excluding steroid dienone is 1. The van der Waals surface area contributed by atoms with Gasteiger partial charge < -0.3 is 15.7 Å². The first kappa shape index (κ1) is 15.0. The van der Waals surface area contributed by atoms with Crippen LogP contribution in [0.1, 0.15) is 36.2 Å². The molecular formula is C13H19N5O3. The second kappa shape index (κ2) is 7.41. The lowest BCUT2D eigenvalue weighted by Gasteiger charge is -2.07. The van der Waals surface area contributed by atoms with Crippen LogP contribution < -0.4 is 10.6 Å². The highest BCUT2D eigenvalue weighted by molar-refractivity contribution is 5.84. The quantitative estimate of drug-likeness (QED) is 0.643. The molecule has 0 saturated carbocycles. The molecule has 0 aliphatic heterocycles. The fourth-order valence-electron chi connectivity index (χ4n) is 2.15. The van der Waals surface area contributed by atoms with Gasteiger partial charge in [0, 0.05) is 13.1 Å². The molecule has 2 rings (SSSR count). The van der Waals surface area contributed by atoms with Crippen LogP contribution in [-0.2, 0) is 6.54 Å². The number of amides is 2. The number of hydrogen-bond donors (Lipinski definition) is 3. The second-order valence-electron chi connectivity index (χ2n) is 4.86. The second-order valence-corrected chi connectivity index (χ2v) is 4.86. The van der Waals surface area contributed by atoms with Crippen LogP contribution in [0.4, 0.5) is 4.79 Å². The highest BCUT2D eigenvalue weighted by Crippen LogP contribution is 2.19. The van der Waals surface area contributed by atoms with Crippen molar-refractivity contribution in [3.63, 3.8) is 0 Å². The maximum atomic E-state index is 11.5. The topological polar surface area (TPSA) is 109 Å². The van der Waals surface area contributed by atoms with Gasteiger partial charge in [0.2, 0.25) is 0 Å². The smallest absolute Gasteiger partial charge is 0.358 e. The maximum absolute atomic E-state index is 11.5. The third-order valence-electron chi connectivity index (χ3n) is 3.25. The number of rotatable bonds is 7. The molecule has 0 unspecified atom stereocenters. The van der Waals surface area contributed by atoms with Gasteiger partial charge in [0.25, 0.3) is 0 Å². The summed E-state index contributed by atoms with van der Waals surface area (Å²) in [5, 5.41) is 21.3. The van der Waals surface area contributed by atoms with Crippen LogP contribution in [0, 0.1) is 0 Å². The molecule has 21 heavy (non-hydrogen) atoms. The van der Waals surface area contributed by atoms with Crippen molar-refractivity contribution in [2.24, 2.45) is 0 Å². The van der Waals surface area contributed by atoms with Gasteiger partial charge in [-0.05, 0) is 25.7 Å². The van der Waals surface area contributed by atoms with Crippen molar-refractivity contribution in [1.29, 1.82) is 0 Å². The van der Waals surface area contributed by atoms with Crippen molar-refractivity contribution < 1.29 is 14.7 Å². The fraction of sp³-hybridized carbons (Fsp3) is 0.538. The van der Waals surface area contributed by atoms with Gasteiger partial charge in [-0.15, -0.1) is 5.10 Å². The van der Waals surface area contributed by atoms with E-state index >= 15 is 0 Å². The molecule has 3 N–H and O–H groups in total. The van der Waals surface area contributed by atoms with Gasteiger partial charge in [0.15, 0.2) is 5.69 Å². The molecule has 0 bridgehead atoms. The molecule has 114 valence electrons. The van der Waals surface area contributed by atoms with Gasteiger partial charge in [0.1, 0.15) is 0 Å². The molecule has 1 aromatic rings. The highest BCUT2D eigenvalue weighted by Gasteiger charge is 2.08. The van der Waals surface area contributed by atoms with Gasteiger partial charge in [-0.2, -0.15) is 0 Å². The third kappa shape index (κ3) is 4.90. The molecule has 1 aromatic heterocycles. The van der Waals surface area contributed by atoms with Gasteiger partial charge in [-0.1, -0.05) is 16.9 Å². The van der Waals surface area contributed by atoms with E-state index in [0.717, 1.165) is 19.3 Å². The number of hydrogen-bond acceptors (Lipinski definition) is 4. The monoisotopic (exact) mass is 293 g/mol. The van der Waals surface area contributed by atoms with E-state index in [9.17, 15) is 9.59 Å². The number of aromatic nitrogens is 3. The van der Waals surface area contributed by atoms with Crippen molar-refractivity contribution in [3.8, 4) is 0 Å². The Morgan fingerprint density at radius 1 is 1.33 bits per heavy atom. The highest BCUT2D eigenvalue weighted by atomic mass is 16.4. The van der Waals surface area contributed by atoms with Crippen LogP contribution in [0.5, 0.6) is 0 Å². The number of carboxylic acid groups (broad SMARTS) is 1. The number of nitrogens with one attached hydrogen (secondary N) is 2. The molecule has 2 amide bonds. The van der Waals surface area contributed by atoms with E-state index in [1.807, 2.05) is 0 Å². The van der Waals surface area contributed by atoms with E-state index in [0.29, 0.717) is 19.6 Å². The zero-order chi connectivity index (χ0) is 15.1. The molecule has 1 aliphatic carbocycles. The molecule has 0 aromatic carbocycles. The van der Waals surface area contributed by atoms with Gasteiger partial charge in [-0.3, -0.25) is 0 Å². The first-order valence-corrected chi connectivity index (χ1v) is 6.98. The van der Waals surface area contributed by atoms with Crippen molar-refractivity contribution in [2.75, 3.05) is 13.1 Å². The molecular weight excluding hydrogens is 274 g/mol. The normalized spacial score (nSPS) is 13.8. The van der Waals surface area contributed by atoms with Crippen LogP contribution in [0.25, 0.3) is 0 Å². The molecule has 0 atom stereocenters. The summed E-state index contributed by atoms with van der Waals surface area (Å²) in [5.74, 6) is -1.12. The fourth-order valence-corrected chi connectivity index (χ4v) is 2.15. The Bertz CT molecular complexity index is 538. The van der Waals surface area contributed by atoms with E-state index in [-0.39, 0.29) is 11.7 Å². The summed E-state index contributed by atoms with van der Waals surface area (Å²) in [6, 6.07) is -0.229. The number of urea groups is 1. The first-order valence-electron chi connectivity index (χ1n) is 6.98. The Morgan fingerprint density at radius 2 is 2.14 bits per heavy atom.